The van der Waals surface area contributed by atoms with Gasteiger partial charge in [-0.15, -0.1) is 0 Å². The van der Waals surface area contributed by atoms with Gasteiger partial charge in [0.2, 0.25) is 0 Å². The molecule has 1 amide bonds. The lowest BCUT2D eigenvalue weighted by molar-refractivity contribution is -0.152. The second kappa shape index (κ2) is 8.19. The molecular weight excluding hydrogens is 422 g/mol. The van der Waals surface area contributed by atoms with Gasteiger partial charge in [-0.1, -0.05) is 34.1 Å². The Labute approximate surface area is 172 Å². The Morgan fingerprint density at radius 2 is 1.86 bits per heavy atom. The van der Waals surface area contributed by atoms with Gasteiger partial charge in [-0.25, -0.2) is 4.79 Å². The Morgan fingerprint density at radius 3 is 2.46 bits per heavy atom. The van der Waals surface area contributed by atoms with Crippen LogP contribution in [0.1, 0.15) is 36.2 Å². The molecule has 0 saturated heterocycles. The molecule has 1 aliphatic rings. The molecule has 5 nitrogen and oxygen atoms in total. The second-order valence-electron chi connectivity index (χ2n) is 7.18. The normalized spacial score (nSPS) is 14.4. The van der Waals surface area contributed by atoms with Crippen molar-refractivity contribution in [3.8, 4) is 5.75 Å². The molecule has 0 aliphatic carbocycles. The maximum atomic E-state index is 12.6. The van der Waals surface area contributed by atoms with Gasteiger partial charge < -0.3 is 14.7 Å². The van der Waals surface area contributed by atoms with E-state index in [1.54, 1.807) is 6.07 Å². The van der Waals surface area contributed by atoms with E-state index in [2.05, 4.69) is 15.9 Å². The maximum Gasteiger partial charge on any atom is 0.347 e. The fourth-order valence-electron chi connectivity index (χ4n) is 2.99. The third kappa shape index (κ3) is 4.62. The Kier molecular flexibility index (Phi) is 5.89. The minimum absolute atomic E-state index is 0.0168. The van der Waals surface area contributed by atoms with Crippen LogP contribution in [0.5, 0.6) is 5.75 Å². The molecule has 0 unspecified atom stereocenters. The monoisotopic (exact) mass is 443 g/mol. The fourth-order valence-corrected chi connectivity index (χ4v) is 3.25. The first-order chi connectivity index (χ1) is 13.3. The molecule has 146 valence electrons. The van der Waals surface area contributed by atoms with E-state index in [0.29, 0.717) is 24.4 Å². The second-order valence-corrected chi connectivity index (χ2v) is 8.10. The van der Waals surface area contributed by atoms with Gasteiger partial charge in [-0.05, 0) is 67.8 Å². The molecule has 0 fully saturated rings. The molecule has 0 radical (unpaired) electrons. The third-order valence-electron chi connectivity index (χ3n) is 4.68. The van der Waals surface area contributed by atoms with Crippen molar-refractivity contribution in [2.75, 3.05) is 13.1 Å². The van der Waals surface area contributed by atoms with Gasteiger partial charge in [0.15, 0.2) is 5.60 Å². The van der Waals surface area contributed by atoms with Crippen LogP contribution in [0.3, 0.4) is 0 Å². The Morgan fingerprint density at radius 1 is 1.14 bits per heavy atom. The molecule has 28 heavy (non-hydrogen) atoms. The highest BCUT2D eigenvalue weighted by atomic mass is 79.9. The predicted octanol–water partition coefficient (Wildman–Crippen LogP) is 4.62. The summed E-state index contributed by atoms with van der Waals surface area (Å²) in [6.07, 6.45) is 2.77. The topological polar surface area (TPSA) is 66.8 Å². The molecule has 0 aromatic heterocycles. The minimum atomic E-state index is -1.30. The lowest BCUT2D eigenvalue weighted by Gasteiger charge is -2.27. The lowest BCUT2D eigenvalue weighted by Crippen LogP contribution is -2.37. The van der Waals surface area contributed by atoms with Crippen molar-refractivity contribution in [3.05, 3.63) is 70.2 Å². The summed E-state index contributed by atoms with van der Waals surface area (Å²) in [5.74, 6) is -0.487. The number of hydrogen-bond donors (Lipinski definition) is 1. The van der Waals surface area contributed by atoms with E-state index in [4.69, 9.17) is 4.74 Å². The van der Waals surface area contributed by atoms with Crippen molar-refractivity contribution < 1.29 is 19.4 Å². The molecular formula is C22H22BrNO4. The van der Waals surface area contributed by atoms with Crippen LogP contribution in [0.2, 0.25) is 0 Å². The zero-order valence-electron chi connectivity index (χ0n) is 15.8. The molecule has 2 aromatic carbocycles. The van der Waals surface area contributed by atoms with Crippen molar-refractivity contribution in [1.82, 2.24) is 4.90 Å². The highest BCUT2D eigenvalue weighted by Gasteiger charge is 2.29. The summed E-state index contributed by atoms with van der Waals surface area (Å²) in [4.78, 5) is 25.7. The molecule has 0 bridgehead atoms. The SMILES string of the molecule is CC(C)(Oc1cccc(C2=CCN(C(=O)c3ccc(Br)cc3)CC2)c1)C(=O)O. The van der Waals surface area contributed by atoms with Crippen LogP contribution >= 0.6 is 15.9 Å². The molecule has 0 spiro atoms. The third-order valence-corrected chi connectivity index (χ3v) is 5.21. The van der Waals surface area contributed by atoms with E-state index in [-0.39, 0.29) is 5.91 Å². The van der Waals surface area contributed by atoms with Crippen LogP contribution in [0.4, 0.5) is 0 Å². The fraction of sp³-hybridized carbons (Fsp3) is 0.273. The molecule has 3 rings (SSSR count). The summed E-state index contributed by atoms with van der Waals surface area (Å²) >= 11 is 3.38. The number of carbonyl (C=O) groups is 2. The van der Waals surface area contributed by atoms with Crippen LogP contribution in [0, 0.1) is 0 Å². The Bertz CT molecular complexity index is 918. The summed E-state index contributed by atoms with van der Waals surface area (Å²) < 4.78 is 6.57. The van der Waals surface area contributed by atoms with Crippen LogP contribution in [-0.4, -0.2) is 40.6 Å². The van der Waals surface area contributed by atoms with Gasteiger partial charge in [0.1, 0.15) is 5.75 Å². The summed E-state index contributed by atoms with van der Waals surface area (Å²) in [6, 6.07) is 14.8. The minimum Gasteiger partial charge on any atom is -0.478 e. The number of rotatable bonds is 5. The smallest absolute Gasteiger partial charge is 0.347 e. The number of halogens is 1. The van der Waals surface area contributed by atoms with Crippen molar-refractivity contribution in [2.24, 2.45) is 0 Å². The van der Waals surface area contributed by atoms with Gasteiger partial charge in [0.05, 0.1) is 0 Å². The van der Waals surface area contributed by atoms with Crippen LogP contribution in [-0.2, 0) is 4.79 Å². The molecule has 6 heteroatoms. The number of aliphatic carboxylic acids is 1. The molecule has 1 N–H and O–H groups in total. The summed E-state index contributed by atoms with van der Waals surface area (Å²) in [7, 11) is 0. The van der Waals surface area contributed by atoms with Crippen LogP contribution < -0.4 is 4.74 Å². The Hall–Kier alpha value is -2.60. The summed E-state index contributed by atoms with van der Waals surface area (Å²) in [5.41, 5.74) is 1.48. The van der Waals surface area contributed by atoms with Crippen molar-refractivity contribution in [3.63, 3.8) is 0 Å². The van der Waals surface area contributed by atoms with Gasteiger partial charge in [0.25, 0.3) is 5.91 Å². The van der Waals surface area contributed by atoms with Crippen molar-refractivity contribution >= 4 is 33.4 Å². The average Bonchev–Trinajstić information content (AvgIpc) is 2.68. The highest BCUT2D eigenvalue weighted by Crippen LogP contribution is 2.28. The number of carboxylic acid groups (broad SMARTS) is 1. The number of hydrogen-bond acceptors (Lipinski definition) is 3. The number of carbonyl (C=O) groups excluding carboxylic acids is 1. The number of carboxylic acids is 1. The number of ether oxygens (including phenoxy) is 1. The van der Waals surface area contributed by atoms with Crippen LogP contribution in [0.25, 0.3) is 5.57 Å². The molecule has 2 aromatic rings. The van der Waals surface area contributed by atoms with Gasteiger partial charge in [-0.2, -0.15) is 0 Å². The van der Waals surface area contributed by atoms with Gasteiger partial charge >= 0.3 is 5.97 Å². The quantitative estimate of drug-likeness (QED) is 0.731. The van der Waals surface area contributed by atoms with E-state index < -0.39 is 11.6 Å². The molecule has 1 heterocycles. The van der Waals surface area contributed by atoms with Gasteiger partial charge in [0, 0.05) is 23.1 Å². The molecule has 0 saturated carbocycles. The van der Waals surface area contributed by atoms with E-state index >= 15 is 0 Å². The average molecular weight is 444 g/mol. The molecule has 0 atom stereocenters. The van der Waals surface area contributed by atoms with Crippen molar-refractivity contribution in [1.29, 1.82) is 0 Å². The zero-order chi connectivity index (χ0) is 20.3. The van der Waals surface area contributed by atoms with E-state index in [9.17, 15) is 14.7 Å². The first-order valence-corrected chi connectivity index (χ1v) is 9.82. The summed E-state index contributed by atoms with van der Waals surface area (Å²) in [6.45, 7) is 4.21. The van der Waals surface area contributed by atoms with Gasteiger partial charge in [-0.3, -0.25) is 4.79 Å². The first kappa shape index (κ1) is 20.1. The highest BCUT2D eigenvalue weighted by molar-refractivity contribution is 9.10. The standard InChI is InChI=1S/C22H22BrNO4/c1-22(2,21(26)27)28-19-5-3-4-17(14-19)15-10-12-24(13-11-15)20(25)16-6-8-18(23)9-7-16/h3-10,14H,11-13H2,1-2H3,(H,26,27). The predicted molar refractivity (Wildman–Crippen MR) is 111 cm³/mol. The van der Waals surface area contributed by atoms with Crippen molar-refractivity contribution in [2.45, 2.75) is 25.9 Å². The number of amides is 1. The number of benzene rings is 2. The lowest BCUT2D eigenvalue weighted by atomic mass is 9.98. The molecule has 1 aliphatic heterocycles. The van der Waals surface area contributed by atoms with E-state index in [1.165, 1.54) is 13.8 Å². The zero-order valence-corrected chi connectivity index (χ0v) is 17.4. The maximum absolute atomic E-state index is 12.6. The largest absolute Gasteiger partial charge is 0.478 e. The number of nitrogens with zero attached hydrogens (tertiary/aromatic N) is 1. The van der Waals surface area contributed by atoms with Crippen LogP contribution in [0.15, 0.2) is 59.1 Å². The summed E-state index contributed by atoms with van der Waals surface area (Å²) in [5, 5.41) is 9.23. The first-order valence-electron chi connectivity index (χ1n) is 9.03. The van der Waals surface area contributed by atoms with E-state index in [0.717, 1.165) is 22.0 Å². The van der Waals surface area contributed by atoms with E-state index in [1.807, 2.05) is 53.4 Å². The Balaban J connectivity index is 1.71.